The highest BCUT2D eigenvalue weighted by molar-refractivity contribution is 6.17. The van der Waals surface area contributed by atoms with Gasteiger partial charge in [-0.1, -0.05) is 140 Å². The Bertz CT molecular complexity index is 3220. The van der Waals surface area contributed by atoms with E-state index in [1.807, 2.05) is 60.7 Å². The van der Waals surface area contributed by atoms with E-state index in [1.165, 1.54) is 33.0 Å². The zero-order valence-electron chi connectivity index (χ0n) is 30.2. The van der Waals surface area contributed by atoms with E-state index >= 15 is 0 Å². The van der Waals surface area contributed by atoms with Crippen LogP contribution < -0.4 is 0 Å². The highest BCUT2D eigenvalue weighted by Crippen LogP contribution is 2.42. The maximum Gasteiger partial charge on any atom is 0.164 e. The van der Waals surface area contributed by atoms with Crippen molar-refractivity contribution in [3.8, 4) is 62.1 Å². The Balaban J connectivity index is 1.10. The summed E-state index contributed by atoms with van der Waals surface area (Å²) in [6.45, 7) is 0. The first kappa shape index (κ1) is 31.9. The van der Waals surface area contributed by atoms with Crippen LogP contribution in [0.2, 0.25) is 0 Å². The van der Waals surface area contributed by atoms with Crippen LogP contribution in [0.3, 0.4) is 0 Å². The first-order valence-electron chi connectivity index (χ1n) is 18.8. The van der Waals surface area contributed by atoms with Gasteiger partial charge in [0.25, 0.3) is 0 Å². The summed E-state index contributed by atoms with van der Waals surface area (Å²) in [6.07, 6.45) is 0. The summed E-state index contributed by atoms with van der Waals surface area (Å²) >= 11 is 0. The zero-order valence-corrected chi connectivity index (χ0v) is 30.2. The third kappa shape index (κ3) is 5.29. The normalized spacial score (nSPS) is 11.6. The molecule has 0 fully saturated rings. The van der Waals surface area contributed by atoms with Crippen molar-refractivity contribution in [2.45, 2.75) is 0 Å². The van der Waals surface area contributed by atoms with Gasteiger partial charge in [0.05, 0.1) is 11.0 Å². The molecule has 0 unspecified atom stereocenters. The van der Waals surface area contributed by atoms with Crippen LogP contribution in [0.4, 0.5) is 0 Å². The molecule has 11 aromatic rings. The molecule has 56 heavy (non-hydrogen) atoms. The topological polar surface area (TPSA) is 56.7 Å². The number of rotatable bonds is 6. The molecule has 0 saturated carbocycles. The quantitative estimate of drug-likeness (QED) is 0.172. The molecular weight excluding hydrogens is 685 g/mol. The van der Waals surface area contributed by atoms with Gasteiger partial charge in [0.2, 0.25) is 0 Å². The molecule has 0 spiro atoms. The second kappa shape index (κ2) is 13.0. The summed E-state index contributed by atoms with van der Waals surface area (Å²) < 4.78 is 8.63. The molecule has 11 rings (SSSR count). The van der Waals surface area contributed by atoms with Gasteiger partial charge in [-0.05, 0) is 76.9 Å². The van der Waals surface area contributed by atoms with Gasteiger partial charge >= 0.3 is 0 Å². The lowest BCUT2D eigenvalue weighted by Crippen LogP contribution is -2.01. The summed E-state index contributed by atoms with van der Waals surface area (Å²) in [5.41, 5.74) is 12.4. The smallest absolute Gasteiger partial charge is 0.164 e. The molecule has 0 amide bonds. The number of aromatic nitrogens is 4. The summed E-state index contributed by atoms with van der Waals surface area (Å²) in [7, 11) is 0. The molecule has 5 heteroatoms. The van der Waals surface area contributed by atoms with Crippen LogP contribution >= 0.6 is 0 Å². The standard InChI is InChI=1S/C51H32N4O/c1-4-15-33(16-5-1)37-31-42(34-17-6-2-7-18-34)47-39-21-10-12-24-43(39)55(44(47)32-37)38-29-27-36(28-30-38)50-52-49(35-19-8-3-9-20-35)53-51(54-50)41-23-14-26-46-48(41)40-22-11-13-25-45(40)56-46/h1-32H. The summed E-state index contributed by atoms with van der Waals surface area (Å²) in [5, 5.41) is 4.46. The average molecular weight is 717 g/mol. The summed E-state index contributed by atoms with van der Waals surface area (Å²) in [5.74, 6) is 1.81. The van der Waals surface area contributed by atoms with E-state index in [0.29, 0.717) is 17.5 Å². The minimum Gasteiger partial charge on any atom is -0.456 e. The van der Waals surface area contributed by atoms with E-state index in [9.17, 15) is 0 Å². The van der Waals surface area contributed by atoms with Gasteiger partial charge in [-0.15, -0.1) is 0 Å². The Morgan fingerprint density at radius 3 is 1.64 bits per heavy atom. The van der Waals surface area contributed by atoms with E-state index in [2.05, 4.69) is 138 Å². The van der Waals surface area contributed by atoms with Gasteiger partial charge in [-0.2, -0.15) is 0 Å². The van der Waals surface area contributed by atoms with Gasteiger partial charge in [-0.3, -0.25) is 0 Å². The Morgan fingerprint density at radius 2 is 0.911 bits per heavy atom. The molecule has 0 saturated heterocycles. The molecule has 3 heterocycles. The highest BCUT2D eigenvalue weighted by atomic mass is 16.3. The molecule has 5 nitrogen and oxygen atoms in total. The van der Waals surface area contributed by atoms with Gasteiger partial charge < -0.3 is 8.98 Å². The maximum absolute atomic E-state index is 6.25. The van der Waals surface area contributed by atoms with Crippen LogP contribution in [-0.2, 0) is 0 Å². The Hall–Kier alpha value is -7.63. The Kier molecular flexibility index (Phi) is 7.42. The molecule has 0 aliphatic rings. The molecule has 8 aromatic carbocycles. The molecule has 0 bridgehead atoms. The van der Waals surface area contributed by atoms with Crippen molar-refractivity contribution in [1.82, 2.24) is 19.5 Å². The predicted molar refractivity (Wildman–Crippen MR) is 229 cm³/mol. The summed E-state index contributed by atoms with van der Waals surface area (Å²) in [6, 6.07) is 67.6. The number of fused-ring (bicyclic) bond motifs is 6. The van der Waals surface area contributed by atoms with Crippen LogP contribution in [0, 0.1) is 0 Å². The first-order valence-corrected chi connectivity index (χ1v) is 18.8. The third-order valence-corrected chi connectivity index (χ3v) is 10.7. The molecule has 0 aliphatic heterocycles. The Morgan fingerprint density at radius 1 is 0.339 bits per heavy atom. The number of para-hydroxylation sites is 2. The minimum absolute atomic E-state index is 0.597. The third-order valence-electron chi connectivity index (χ3n) is 10.7. The number of hydrogen-bond donors (Lipinski definition) is 0. The molecule has 3 aromatic heterocycles. The van der Waals surface area contributed by atoms with E-state index < -0.39 is 0 Å². The van der Waals surface area contributed by atoms with Gasteiger partial charge in [-0.25, -0.2) is 15.0 Å². The number of hydrogen-bond acceptors (Lipinski definition) is 4. The van der Waals surface area contributed by atoms with Crippen LogP contribution in [0.1, 0.15) is 0 Å². The van der Waals surface area contributed by atoms with Crippen molar-refractivity contribution < 1.29 is 4.42 Å². The van der Waals surface area contributed by atoms with Crippen molar-refractivity contribution in [2.24, 2.45) is 0 Å². The minimum atomic E-state index is 0.597. The first-order chi connectivity index (χ1) is 27.8. The summed E-state index contributed by atoms with van der Waals surface area (Å²) in [4.78, 5) is 15.3. The molecule has 0 N–H and O–H groups in total. The van der Waals surface area contributed by atoms with Gasteiger partial charge in [0, 0.05) is 43.9 Å². The van der Waals surface area contributed by atoms with Crippen molar-refractivity contribution in [3.63, 3.8) is 0 Å². The fourth-order valence-electron chi connectivity index (χ4n) is 8.08. The van der Waals surface area contributed by atoms with E-state index in [1.54, 1.807) is 0 Å². The van der Waals surface area contributed by atoms with Crippen LogP contribution in [0.5, 0.6) is 0 Å². The largest absolute Gasteiger partial charge is 0.456 e. The Labute approximate surface area is 322 Å². The fraction of sp³-hybridized carbons (Fsp3) is 0. The van der Waals surface area contributed by atoms with E-state index in [4.69, 9.17) is 19.4 Å². The average Bonchev–Trinajstić information content (AvgIpc) is 3.83. The van der Waals surface area contributed by atoms with E-state index in [-0.39, 0.29) is 0 Å². The number of nitrogens with zero attached hydrogens (tertiary/aromatic N) is 4. The van der Waals surface area contributed by atoms with Crippen LogP contribution in [-0.4, -0.2) is 19.5 Å². The highest BCUT2D eigenvalue weighted by Gasteiger charge is 2.20. The molecule has 262 valence electrons. The number of benzene rings is 8. The maximum atomic E-state index is 6.25. The van der Waals surface area contributed by atoms with Gasteiger partial charge in [0.1, 0.15) is 11.2 Å². The van der Waals surface area contributed by atoms with Crippen molar-refractivity contribution >= 4 is 43.7 Å². The van der Waals surface area contributed by atoms with E-state index in [0.717, 1.165) is 55.3 Å². The lowest BCUT2D eigenvalue weighted by Gasteiger charge is -2.13. The zero-order chi connectivity index (χ0) is 37.0. The van der Waals surface area contributed by atoms with Gasteiger partial charge in [0.15, 0.2) is 17.5 Å². The lowest BCUT2D eigenvalue weighted by atomic mass is 9.94. The molecule has 0 aliphatic carbocycles. The molecular formula is C51H32N4O. The van der Waals surface area contributed by atoms with Crippen LogP contribution in [0.15, 0.2) is 199 Å². The second-order valence-corrected chi connectivity index (χ2v) is 14.0. The van der Waals surface area contributed by atoms with Crippen molar-refractivity contribution in [2.75, 3.05) is 0 Å². The predicted octanol–water partition coefficient (Wildman–Crippen LogP) is 13.2. The van der Waals surface area contributed by atoms with Crippen molar-refractivity contribution in [1.29, 1.82) is 0 Å². The van der Waals surface area contributed by atoms with Crippen LogP contribution in [0.25, 0.3) is 106 Å². The molecule has 0 radical (unpaired) electrons. The fourth-order valence-corrected chi connectivity index (χ4v) is 8.08. The lowest BCUT2D eigenvalue weighted by molar-refractivity contribution is 0.669. The second-order valence-electron chi connectivity index (χ2n) is 14.0. The monoisotopic (exact) mass is 716 g/mol. The van der Waals surface area contributed by atoms with Crippen molar-refractivity contribution in [3.05, 3.63) is 194 Å². The SMILES string of the molecule is c1ccc(-c2cc(-c3ccccc3)c3c4ccccc4n(-c4ccc(-c5nc(-c6ccccc6)nc(-c6cccc7oc8ccccc8c67)n5)cc4)c3c2)cc1. The molecule has 0 atom stereocenters. The number of furan rings is 1.